The summed E-state index contributed by atoms with van der Waals surface area (Å²) in [5.74, 6) is -4.03. The molecule has 1 fully saturated rings. The van der Waals surface area contributed by atoms with Crippen LogP contribution in [0.1, 0.15) is 44.0 Å². The Bertz CT molecular complexity index is 1210. The molecule has 0 unspecified atom stereocenters. The second kappa shape index (κ2) is 11.4. The largest absolute Gasteiger partial charge is 0.494 e. The zero-order chi connectivity index (χ0) is 27.2. The van der Waals surface area contributed by atoms with Crippen molar-refractivity contribution in [2.24, 2.45) is 0 Å². The van der Waals surface area contributed by atoms with Gasteiger partial charge in [-0.15, -0.1) is 0 Å². The molecule has 1 aliphatic rings. The normalized spacial score (nSPS) is 16.6. The predicted molar refractivity (Wildman–Crippen MR) is 129 cm³/mol. The van der Waals surface area contributed by atoms with Gasteiger partial charge in [0.1, 0.15) is 17.4 Å². The van der Waals surface area contributed by atoms with Crippen LogP contribution in [0, 0.1) is 11.3 Å². The minimum atomic E-state index is -3.14. The Labute approximate surface area is 212 Å². The summed E-state index contributed by atoms with van der Waals surface area (Å²) in [5, 5.41) is 14.6. The average molecular weight is 518 g/mol. The first-order valence-corrected chi connectivity index (χ1v) is 11.7. The van der Waals surface area contributed by atoms with E-state index in [4.69, 9.17) is 14.7 Å². The van der Waals surface area contributed by atoms with E-state index in [9.17, 15) is 23.2 Å². The molecule has 10 nitrogen and oxygen atoms in total. The van der Waals surface area contributed by atoms with Crippen LogP contribution in [0.25, 0.3) is 10.9 Å². The molecule has 3 rings (SSSR count). The first-order valence-electron chi connectivity index (χ1n) is 11.7. The van der Waals surface area contributed by atoms with Gasteiger partial charge in [0.25, 0.3) is 11.8 Å². The SMILES string of the molecule is CC(C)(C)OC(=O)NCCCOc1ccc2nccc(C(=O)NCC(=O)N3CC(F)(F)C[C@H]3C#N)c2c1. The van der Waals surface area contributed by atoms with Crippen LogP contribution in [0.3, 0.4) is 0 Å². The van der Waals surface area contributed by atoms with E-state index in [1.165, 1.54) is 12.3 Å². The quantitative estimate of drug-likeness (QED) is 0.514. The lowest BCUT2D eigenvalue weighted by Gasteiger charge is -2.19. The van der Waals surface area contributed by atoms with Gasteiger partial charge in [0, 0.05) is 24.5 Å². The molecule has 0 spiro atoms. The third kappa shape index (κ3) is 7.73. The number of amides is 3. The van der Waals surface area contributed by atoms with Gasteiger partial charge in [0.15, 0.2) is 0 Å². The first kappa shape index (κ1) is 27.6. The van der Waals surface area contributed by atoms with Crippen LogP contribution in [-0.2, 0) is 9.53 Å². The van der Waals surface area contributed by atoms with Gasteiger partial charge >= 0.3 is 6.09 Å². The molecule has 198 valence electrons. The highest BCUT2D eigenvalue weighted by atomic mass is 19.3. The Balaban J connectivity index is 1.57. The van der Waals surface area contributed by atoms with Gasteiger partial charge in [-0.2, -0.15) is 5.26 Å². The number of fused-ring (bicyclic) bond motifs is 1. The first-order chi connectivity index (χ1) is 17.4. The molecule has 1 saturated heterocycles. The van der Waals surface area contributed by atoms with Crippen LogP contribution in [-0.4, -0.2) is 71.6 Å². The van der Waals surface area contributed by atoms with Gasteiger partial charge < -0.3 is 25.0 Å². The maximum atomic E-state index is 13.6. The molecule has 1 atom stereocenters. The highest BCUT2D eigenvalue weighted by Crippen LogP contribution is 2.31. The zero-order valence-corrected chi connectivity index (χ0v) is 20.8. The van der Waals surface area contributed by atoms with E-state index in [0.29, 0.717) is 29.6 Å². The van der Waals surface area contributed by atoms with Crippen molar-refractivity contribution in [1.82, 2.24) is 20.5 Å². The Hall–Kier alpha value is -4.01. The number of benzene rings is 1. The molecular formula is C25H29F2N5O5. The Morgan fingerprint density at radius 2 is 2.00 bits per heavy atom. The van der Waals surface area contributed by atoms with E-state index >= 15 is 0 Å². The molecule has 12 heteroatoms. The maximum absolute atomic E-state index is 13.6. The molecule has 0 saturated carbocycles. The standard InChI is InChI=1S/C25H29F2N5O5/c1-24(2,3)37-23(35)30-8-4-10-36-17-5-6-20-19(11-17)18(7-9-29-20)22(34)31-14-21(33)32-15-25(26,27)12-16(32)13-28/h5-7,9,11,16H,4,8,10,12,14-15H2,1-3H3,(H,30,35)(H,31,34)/t16-/m0/s1. The zero-order valence-electron chi connectivity index (χ0n) is 20.8. The monoisotopic (exact) mass is 517 g/mol. The van der Waals surface area contributed by atoms with Crippen molar-refractivity contribution < 1.29 is 32.6 Å². The van der Waals surface area contributed by atoms with Gasteiger partial charge in [-0.05, 0) is 51.5 Å². The molecule has 0 aliphatic carbocycles. The van der Waals surface area contributed by atoms with Gasteiger partial charge in [0.05, 0.1) is 36.8 Å². The molecule has 1 aliphatic heterocycles. The van der Waals surface area contributed by atoms with Crippen molar-refractivity contribution in [2.75, 3.05) is 26.2 Å². The van der Waals surface area contributed by atoms with E-state index in [1.54, 1.807) is 45.0 Å². The van der Waals surface area contributed by atoms with Crippen LogP contribution in [0.2, 0.25) is 0 Å². The fourth-order valence-corrected chi connectivity index (χ4v) is 3.73. The van der Waals surface area contributed by atoms with Crippen molar-refractivity contribution in [3.8, 4) is 11.8 Å². The van der Waals surface area contributed by atoms with Crippen LogP contribution in [0.15, 0.2) is 30.5 Å². The number of likely N-dealkylation sites (tertiary alicyclic amines) is 1. The van der Waals surface area contributed by atoms with Crippen LogP contribution in [0.5, 0.6) is 5.75 Å². The third-order valence-electron chi connectivity index (χ3n) is 5.36. The number of nitrogens with zero attached hydrogens (tertiary/aromatic N) is 3. The van der Waals surface area contributed by atoms with E-state index < -0.39 is 55.0 Å². The van der Waals surface area contributed by atoms with Gasteiger partial charge in [0.2, 0.25) is 5.91 Å². The molecule has 2 N–H and O–H groups in total. The summed E-state index contributed by atoms with van der Waals surface area (Å²) < 4.78 is 38.1. The van der Waals surface area contributed by atoms with Crippen LogP contribution >= 0.6 is 0 Å². The van der Waals surface area contributed by atoms with Crippen LogP contribution < -0.4 is 15.4 Å². The van der Waals surface area contributed by atoms with Crippen LogP contribution in [0.4, 0.5) is 13.6 Å². The minimum Gasteiger partial charge on any atom is -0.494 e. The summed E-state index contributed by atoms with van der Waals surface area (Å²) in [7, 11) is 0. The summed E-state index contributed by atoms with van der Waals surface area (Å²) in [6.45, 7) is 4.57. The minimum absolute atomic E-state index is 0.221. The number of halogens is 2. The fourth-order valence-electron chi connectivity index (χ4n) is 3.73. The average Bonchev–Trinajstić information content (AvgIpc) is 3.15. The van der Waals surface area contributed by atoms with E-state index in [1.807, 2.05) is 0 Å². The van der Waals surface area contributed by atoms with E-state index in [-0.39, 0.29) is 12.2 Å². The van der Waals surface area contributed by atoms with Gasteiger partial charge in [-0.25, -0.2) is 13.6 Å². The topological polar surface area (TPSA) is 134 Å². The molecule has 0 radical (unpaired) electrons. The maximum Gasteiger partial charge on any atom is 0.407 e. The van der Waals surface area contributed by atoms with Crippen molar-refractivity contribution in [3.05, 3.63) is 36.0 Å². The molecule has 2 aromatic rings. The molecular weight excluding hydrogens is 488 g/mol. The number of hydrogen-bond acceptors (Lipinski definition) is 7. The van der Waals surface area contributed by atoms with Crippen molar-refractivity contribution in [2.45, 2.75) is 51.2 Å². The lowest BCUT2D eigenvalue weighted by Crippen LogP contribution is -2.43. The number of nitriles is 1. The number of carbonyl (C=O) groups excluding carboxylic acids is 3. The Kier molecular flexibility index (Phi) is 8.47. The number of hydrogen-bond donors (Lipinski definition) is 2. The summed E-state index contributed by atoms with van der Waals surface area (Å²) >= 11 is 0. The van der Waals surface area contributed by atoms with E-state index in [2.05, 4.69) is 15.6 Å². The second-order valence-electron chi connectivity index (χ2n) is 9.58. The highest BCUT2D eigenvalue weighted by Gasteiger charge is 2.47. The lowest BCUT2D eigenvalue weighted by molar-refractivity contribution is -0.131. The number of carbonyl (C=O) groups is 3. The number of nitrogens with one attached hydrogen (secondary N) is 2. The second-order valence-corrected chi connectivity index (χ2v) is 9.58. The smallest absolute Gasteiger partial charge is 0.407 e. The van der Waals surface area contributed by atoms with Crippen molar-refractivity contribution in [3.63, 3.8) is 0 Å². The number of alkyl carbamates (subject to hydrolysis) is 1. The number of pyridine rings is 1. The number of rotatable bonds is 8. The molecule has 3 amide bonds. The van der Waals surface area contributed by atoms with E-state index in [0.717, 1.165) is 4.90 Å². The Morgan fingerprint density at radius 3 is 2.70 bits per heavy atom. The van der Waals surface area contributed by atoms with Crippen molar-refractivity contribution in [1.29, 1.82) is 5.26 Å². The number of ether oxygens (including phenoxy) is 2. The van der Waals surface area contributed by atoms with Gasteiger partial charge in [-0.1, -0.05) is 0 Å². The number of alkyl halides is 2. The highest BCUT2D eigenvalue weighted by molar-refractivity contribution is 6.07. The fraction of sp³-hybridized carbons (Fsp3) is 0.480. The van der Waals surface area contributed by atoms with Gasteiger partial charge in [-0.3, -0.25) is 14.6 Å². The molecule has 0 bridgehead atoms. The summed E-state index contributed by atoms with van der Waals surface area (Å²) in [6.07, 6.45) is 0.714. The summed E-state index contributed by atoms with van der Waals surface area (Å²) in [4.78, 5) is 41.9. The number of aromatic nitrogens is 1. The summed E-state index contributed by atoms with van der Waals surface area (Å²) in [5.41, 5.74) is 0.152. The molecule has 2 heterocycles. The Morgan fingerprint density at radius 1 is 1.24 bits per heavy atom. The summed E-state index contributed by atoms with van der Waals surface area (Å²) in [6, 6.07) is 6.94. The lowest BCUT2D eigenvalue weighted by atomic mass is 10.1. The van der Waals surface area contributed by atoms with Crippen molar-refractivity contribution >= 4 is 28.8 Å². The predicted octanol–water partition coefficient (Wildman–Crippen LogP) is 3.02. The molecule has 37 heavy (non-hydrogen) atoms. The third-order valence-corrected chi connectivity index (χ3v) is 5.36. The molecule has 1 aromatic carbocycles. The molecule has 1 aromatic heterocycles.